The summed E-state index contributed by atoms with van der Waals surface area (Å²) in [7, 11) is 0. The molecule has 1 aliphatic rings. The number of aliphatic hydroxyl groups is 2. The molecule has 4 rings (SSSR count). The minimum Gasteiger partial charge on any atom is -0.388 e. The smallest absolute Gasteiger partial charge is 0.351 e. The molecule has 2 heterocycles. The Balaban J connectivity index is 1.60. The first kappa shape index (κ1) is 19.2. The van der Waals surface area contributed by atoms with Crippen LogP contribution in [0.4, 0.5) is 10.2 Å². The molecule has 0 aliphatic carbocycles. The predicted molar refractivity (Wildman–Crippen MR) is 102 cm³/mol. The Labute approximate surface area is 164 Å². The number of carbonyl (C=O) groups is 1. The molecule has 29 heavy (non-hydrogen) atoms. The van der Waals surface area contributed by atoms with Gasteiger partial charge < -0.3 is 20.3 Å². The largest absolute Gasteiger partial charge is 0.388 e. The maximum atomic E-state index is 14.5. The molecule has 0 radical (unpaired) electrons. The van der Waals surface area contributed by atoms with Crippen LogP contribution in [0.5, 0.6) is 0 Å². The van der Waals surface area contributed by atoms with Gasteiger partial charge in [-0.3, -0.25) is 9.36 Å². The van der Waals surface area contributed by atoms with E-state index >= 15 is 0 Å². The van der Waals surface area contributed by atoms with Crippen LogP contribution in [0.2, 0.25) is 0 Å². The van der Waals surface area contributed by atoms with Crippen molar-refractivity contribution in [3.63, 3.8) is 0 Å². The number of halogens is 1. The van der Waals surface area contributed by atoms with Gasteiger partial charge in [-0.25, -0.2) is 9.18 Å². The van der Waals surface area contributed by atoms with E-state index in [0.29, 0.717) is 0 Å². The van der Waals surface area contributed by atoms with E-state index in [4.69, 9.17) is 4.74 Å². The molecular weight excluding hydrogens is 381 g/mol. The molecule has 0 spiro atoms. The molecule has 2 aromatic carbocycles. The number of ether oxygens (including phenoxy) is 1. The Morgan fingerprint density at radius 3 is 2.59 bits per heavy atom. The van der Waals surface area contributed by atoms with E-state index in [1.54, 1.807) is 18.2 Å². The second-order valence-electron chi connectivity index (χ2n) is 6.86. The number of fused-ring (bicyclic) bond motifs is 1. The molecule has 0 saturated carbocycles. The molecule has 1 fully saturated rings. The van der Waals surface area contributed by atoms with Crippen LogP contribution in [0.25, 0.3) is 10.8 Å². The van der Waals surface area contributed by atoms with Crippen LogP contribution in [0.15, 0.2) is 53.5 Å². The molecule has 8 nitrogen and oxygen atoms in total. The van der Waals surface area contributed by atoms with Crippen LogP contribution < -0.4 is 11.0 Å². The zero-order valence-corrected chi connectivity index (χ0v) is 15.3. The quantitative estimate of drug-likeness (QED) is 0.614. The number of anilines is 1. The number of carbonyl (C=O) groups excluding carboxylic acids is 1. The molecular formula is C20H18FN3O5. The highest BCUT2D eigenvalue weighted by Crippen LogP contribution is 2.28. The lowest BCUT2D eigenvalue weighted by Gasteiger charge is -2.17. The number of aliphatic hydroxyl groups excluding tert-OH is 2. The van der Waals surface area contributed by atoms with E-state index in [2.05, 4.69) is 10.3 Å². The molecule has 3 N–H and O–H groups in total. The third-order valence-corrected chi connectivity index (χ3v) is 4.90. The average Bonchev–Trinajstić information content (AvgIpc) is 2.97. The van der Waals surface area contributed by atoms with Crippen LogP contribution >= 0.6 is 0 Å². The van der Waals surface area contributed by atoms with Crippen molar-refractivity contribution in [3.05, 3.63) is 70.5 Å². The number of hydrogen-bond donors (Lipinski definition) is 3. The molecule has 9 heteroatoms. The van der Waals surface area contributed by atoms with E-state index in [-0.39, 0.29) is 5.56 Å². The molecule has 4 atom stereocenters. The van der Waals surface area contributed by atoms with Crippen molar-refractivity contribution in [1.29, 1.82) is 0 Å². The summed E-state index contributed by atoms with van der Waals surface area (Å²) in [5.41, 5.74) is -0.661. The molecule has 3 aromatic rings. The fraction of sp³-hybridized carbons (Fsp3) is 0.250. The summed E-state index contributed by atoms with van der Waals surface area (Å²) >= 11 is 0. The fourth-order valence-corrected chi connectivity index (χ4v) is 3.28. The minimum atomic E-state index is -1.41. The van der Waals surface area contributed by atoms with Crippen LogP contribution in [0.3, 0.4) is 0 Å². The van der Waals surface area contributed by atoms with E-state index in [0.717, 1.165) is 21.5 Å². The van der Waals surface area contributed by atoms with Gasteiger partial charge >= 0.3 is 5.69 Å². The Bertz CT molecular complexity index is 1150. The van der Waals surface area contributed by atoms with Gasteiger partial charge in [0.15, 0.2) is 17.9 Å². The van der Waals surface area contributed by atoms with E-state index in [9.17, 15) is 24.2 Å². The van der Waals surface area contributed by atoms with Crippen molar-refractivity contribution < 1.29 is 24.1 Å². The lowest BCUT2D eigenvalue weighted by molar-refractivity contribution is -0.0355. The highest BCUT2D eigenvalue weighted by atomic mass is 19.1. The lowest BCUT2D eigenvalue weighted by atomic mass is 10.1. The maximum absolute atomic E-state index is 14.5. The van der Waals surface area contributed by atoms with Gasteiger partial charge in [-0.15, -0.1) is 0 Å². The third kappa shape index (κ3) is 3.51. The van der Waals surface area contributed by atoms with Gasteiger partial charge in [-0.1, -0.05) is 30.3 Å². The van der Waals surface area contributed by atoms with E-state index < -0.39 is 47.8 Å². The first-order chi connectivity index (χ1) is 13.8. The zero-order valence-electron chi connectivity index (χ0n) is 15.3. The predicted octanol–water partition coefficient (Wildman–Crippen LogP) is 1.43. The summed E-state index contributed by atoms with van der Waals surface area (Å²) in [4.78, 5) is 28.3. The number of aromatic nitrogens is 2. The normalized spacial score (nSPS) is 24.0. The van der Waals surface area contributed by atoms with Crippen LogP contribution in [-0.2, 0) is 4.74 Å². The Kier molecular flexibility index (Phi) is 4.87. The summed E-state index contributed by atoms with van der Waals surface area (Å²) in [5.74, 6) is -2.14. The van der Waals surface area contributed by atoms with Crippen molar-refractivity contribution in [2.75, 3.05) is 5.32 Å². The molecule has 0 bridgehead atoms. The lowest BCUT2D eigenvalue weighted by Crippen LogP contribution is -2.36. The summed E-state index contributed by atoms with van der Waals surface area (Å²) in [5, 5.41) is 23.8. The van der Waals surface area contributed by atoms with Crippen molar-refractivity contribution in [2.45, 2.75) is 31.5 Å². The fourth-order valence-electron chi connectivity index (χ4n) is 3.28. The number of nitrogens with one attached hydrogen (secondary N) is 1. The Morgan fingerprint density at radius 2 is 1.90 bits per heavy atom. The van der Waals surface area contributed by atoms with Crippen molar-refractivity contribution >= 4 is 22.5 Å². The molecule has 150 valence electrons. The van der Waals surface area contributed by atoms with Gasteiger partial charge in [0.2, 0.25) is 0 Å². The van der Waals surface area contributed by atoms with Gasteiger partial charge in [0.1, 0.15) is 12.2 Å². The molecule has 1 amide bonds. The second-order valence-corrected chi connectivity index (χ2v) is 6.86. The summed E-state index contributed by atoms with van der Waals surface area (Å²) in [6, 6.07) is 12.4. The zero-order chi connectivity index (χ0) is 20.7. The van der Waals surface area contributed by atoms with Crippen molar-refractivity contribution in [3.8, 4) is 0 Å². The second kappa shape index (κ2) is 7.36. The first-order valence-electron chi connectivity index (χ1n) is 8.95. The number of hydrogen-bond acceptors (Lipinski definition) is 6. The number of rotatable bonds is 3. The summed E-state index contributed by atoms with van der Waals surface area (Å²) in [6.07, 6.45) is -3.87. The minimum absolute atomic E-state index is 0.278. The van der Waals surface area contributed by atoms with Gasteiger partial charge in [-0.05, 0) is 29.8 Å². The van der Waals surface area contributed by atoms with Crippen LogP contribution in [0.1, 0.15) is 23.5 Å². The topological polar surface area (TPSA) is 114 Å². The van der Waals surface area contributed by atoms with Crippen LogP contribution in [0, 0.1) is 5.82 Å². The van der Waals surface area contributed by atoms with Gasteiger partial charge in [0.25, 0.3) is 5.91 Å². The molecule has 0 unspecified atom stereocenters. The molecule has 1 aromatic heterocycles. The van der Waals surface area contributed by atoms with E-state index in [1.165, 1.54) is 6.92 Å². The number of amides is 1. The van der Waals surface area contributed by atoms with Gasteiger partial charge in [-0.2, -0.15) is 4.98 Å². The van der Waals surface area contributed by atoms with E-state index in [1.807, 2.05) is 24.3 Å². The monoisotopic (exact) mass is 399 g/mol. The highest BCUT2D eigenvalue weighted by molar-refractivity contribution is 6.06. The standard InChI is InChI=1S/C20H18FN3O5/c1-10-15(25)16(26)19(29-10)24-9-14(21)17(23-20(24)28)22-18(27)13-7-6-11-4-2-3-5-12(11)8-13/h2-10,15-16,19,25-26H,1H3,(H,22,23,27,28)/t10-,15-,16-,19-/m1/s1. The average molecular weight is 399 g/mol. The summed E-state index contributed by atoms with van der Waals surface area (Å²) in [6.45, 7) is 1.51. The highest BCUT2D eigenvalue weighted by Gasteiger charge is 2.42. The van der Waals surface area contributed by atoms with Crippen molar-refractivity contribution in [1.82, 2.24) is 9.55 Å². The third-order valence-electron chi connectivity index (χ3n) is 4.90. The van der Waals surface area contributed by atoms with Gasteiger partial charge in [0.05, 0.1) is 12.3 Å². The maximum Gasteiger partial charge on any atom is 0.351 e. The molecule has 1 saturated heterocycles. The van der Waals surface area contributed by atoms with Crippen LogP contribution in [-0.4, -0.2) is 44.0 Å². The number of benzene rings is 2. The summed E-state index contributed by atoms with van der Waals surface area (Å²) < 4.78 is 20.6. The van der Waals surface area contributed by atoms with Crippen molar-refractivity contribution in [2.24, 2.45) is 0 Å². The first-order valence-corrected chi connectivity index (χ1v) is 8.95. The SMILES string of the molecule is C[C@H]1O[C@@H](n2cc(F)c(NC(=O)c3ccc4ccccc4c3)nc2=O)[C@H](O)[C@@H]1O. The Morgan fingerprint density at radius 1 is 1.17 bits per heavy atom. The molecule has 1 aliphatic heterocycles. The number of nitrogens with zero attached hydrogens (tertiary/aromatic N) is 2. The Hall–Kier alpha value is -3.14. The van der Waals surface area contributed by atoms with Gasteiger partial charge in [0, 0.05) is 5.56 Å².